The predicted octanol–water partition coefficient (Wildman–Crippen LogP) is 3.67. The normalized spacial score (nSPS) is 15.6. The monoisotopic (exact) mass is 370 g/mol. The van der Waals surface area contributed by atoms with Crippen LogP contribution < -0.4 is 0 Å². The maximum Gasteiger partial charge on any atom is 0.309 e. The number of hydrogen-bond acceptors (Lipinski definition) is 5. The molecule has 0 unspecified atom stereocenters. The molecule has 0 aliphatic carbocycles. The molecule has 1 aromatic heterocycles. The molecule has 144 valence electrons. The molecule has 0 atom stereocenters. The molecule has 1 aliphatic rings. The molecule has 1 aromatic carbocycles. The van der Waals surface area contributed by atoms with Gasteiger partial charge in [-0.3, -0.25) is 9.59 Å². The van der Waals surface area contributed by atoms with Gasteiger partial charge in [-0.1, -0.05) is 56.3 Å². The van der Waals surface area contributed by atoms with Crippen LogP contribution in [-0.4, -0.2) is 35.0 Å². The predicted molar refractivity (Wildman–Crippen MR) is 100 cm³/mol. The highest BCUT2D eigenvalue weighted by Crippen LogP contribution is 2.25. The number of esters is 1. The molecule has 6 heteroatoms. The average Bonchev–Trinajstić information content (AvgIpc) is 3.15. The van der Waals surface area contributed by atoms with Gasteiger partial charge in [-0.15, -0.1) is 0 Å². The first kappa shape index (κ1) is 19.1. The fourth-order valence-corrected chi connectivity index (χ4v) is 3.17. The van der Waals surface area contributed by atoms with Gasteiger partial charge < -0.3 is 14.2 Å². The number of carbonyl (C=O) groups excluding carboxylic acids is 2. The molecule has 3 rings (SSSR count). The number of aromatic nitrogens is 1. The van der Waals surface area contributed by atoms with Crippen LogP contribution in [-0.2, 0) is 20.9 Å². The molecule has 27 heavy (non-hydrogen) atoms. The van der Waals surface area contributed by atoms with E-state index in [1.54, 1.807) is 6.07 Å². The van der Waals surface area contributed by atoms with Crippen molar-refractivity contribution in [3.63, 3.8) is 0 Å². The van der Waals surface area contributed by atoms with Crippen molar-refractivity contribution in [1.29, 1.82) is 0 Å². The average molecular weight is 370 g/mol. The SMILES string of the molecule is CC(C)(C)C(=O)N1CCC(C(=O)OCc2cc(-c3ccccc3)on2)CC1. The molecule has 1 saturated heterocycles. The number of benzene rings is 1. The Morgan fingerprint density at radius 1 is 1.19 bits per heavy atom. The van der Waals surface area contributed by atoms with E-state index >= 15 is 0 Å². The lowest BCUT2D eigenvalue weighted by atomic mass is 9.91. The molecular weight excluding hydrogens is 344 g/mol. The summed E-state index contributed by atoms with van der Waals surface area (Å²) in [5.41, 5.74) is 1.12. The third-order valence-corrected chi connectivity index (χ3v) is 4.74. The van der Waals surface area contributed by atoms with E-state index in [4.69, 9.17) is 9.26 Å². The molecule has 0 spiro atoms. The van der Waals surface area contributed by atoms with E-state index in [9.17, 15) is 9.59 Å². The largest absolute Gasteiger partial charge is 0.459 e. The van der Waals surface area contributed by atoms with Gasteiger partial charge in [0, 0.05) is 30.1 Å². The topological polar surface area (TPSA) is 72.6 Å². The maximum absolute atomic E-state index is 12.3. The molecule has 1 aliphatic heterocycles. The fourth-order valence-electron chi connectivity index (χ4n) is 3.17. The van der Waals surface area contributed by atoms with Crippen LogP contribution in [0, 0.1) is 11.3 Å². The highest BCUT2D eigenvalue weighted by molar-refractivity contribution is 5.82. The van der Waals surface area contributed by atoms with Crippen molar-refractivity contribution in [2.45, 2.75) is 40.2 Å². The first-order valence-corrected chi connectivity index (χ1v) is 9.31. The Morgan fingerprint density at radius 2 is 1.85 bits per heavy atom. The Balaban J connectivity index is 1.48. The van der Waals surface area contributed by atoms with Gasteiger partial charge in [-0.25, -0.2) is 0 Å². The molecule has 0 bridgehead atoms. The van der Waals surface area contributed by atoms with Crippen molar-refractivity contribution < 1.29 is 18.8 Å². The number of nitrogens with zero attached hydrogens (tertiary/aromatic N) is 2. The van der Waals surface area contributed by atoms with E-state index in [0.717, 1.165) is 5.56 Å². The summed E-state index contributed by atoms with van der Waals surface area (Å²) in [6.45, 7) is 7.03. The molecule has 6 nitrogen and oxygen atoms in total. The smallest absolute Gasteiger partial charge is 0.309 e. The minimum Gasteiger partial charge on any atom is -0.459 e. The summed E-state index contributed by atoms with van der Waals surface area (Å²) in [7, 11) is 0. The van der Waals surface area contributed by atoms with Crippen molar-refractivity contribution in [1.82, 2.24) is 10.1 Å². The Labute approximate surface area is 159 Å². The molecule has 1 fully saturated rings. The van der Waals surface area contributed by atoms with Crippen LogP contribution in [0.4, 0.5) is 0 Å². The number of amides is 1. The number of piperidine rings is 1. The van der Waals surface area contributed by atoms with Crippen molar-refractivity contribution in [3.8, 4) is 11.3 Å². The quantitative estimate of drug-likeness (QED) is 0.768. The lowest BCUT2D eigenvalue weighted by Gasteiger charge is -2.34. The summed E-state index contributed by atoms with van der Waals surface area (Å²) in [5.74, 6) is 0.373. The summed E-state index contributed by atoms with van der Waals surface area (Å²) < 4.78 is 10.7. The van der Waals surface area contributed by atoms with Gasteiger partial charge in [0.05, 0.1) is 5.92 Å². The lowest BCUT2D eigenvalue weighted by molar-refractivity contribution is -0.154. The summed E-state index contributed by atoms with van der Waals surface area (Å²) in [5, 5.41) is 3.97. The number of carbonyl (C=O) groups is 2. The Kier molecular flexibility index (Phi) is 5.63. The second-order valence-electron chi connectivity index (χ2n) is 7.97. The summed E-state index contributed by atoms with van der Waals surface area (Å²) in [6.07, 6.45) is 1.27. The van der Waals surface area contributed by atoms with E-state index in [2.05, 4.69) is 5.16 Å². The highest BCUT2D eigenvalue weighted by atomic mass is 16.5. The third-order valence-electron chi connectivity index (χ3n) is 4.74. The van der Waals surface area contributed by atoms with E-state index in [1.807, 2.05) is 56.0 Å². The highest BCUT2D eigenvalue weighted by Gasteiger charge is 2.33. The molecule has 1 amide bonds. The summed E-state index contributed by atoms with van der Waals surface area (Å²) >= 11 is 0. The lowest BCUT2D eigenvalue weighted by Crippen LogP contribution is -2.45. The van der Waals surface area contributed by atoms with Gasteiger partial charge in [0.25, 0.3) is 0 Å². The first-order valence-electron chi connectivity index (χ1n) is 9.31. The van der Waals surface area contributed by atoms with E-state index in [1.165, 1.54) is 0 Å². The van der Waals surface area contributed by atoms with Crippen LogP contribution in [0.15, 0.2) is 40.9 Å². The van der Waals surface area contributed by atoms with Gasteiger partial charge >= 0.3 is 5.97 Å². The van der Waals surface area contributed by atoms with Crippen LogP contribution in [0.2, 0.25) is 0 Å². The molecular formula is C21H26N2O4. The van der Waals surface area contributed by atoms with Gasteiger partial charge in [0.2, 0.25) is 5.91 Å². The van der Waals surface area contributed by atoms with E-state index in [-0.39, 0.29) is 24.4 Å². The zero-order chi connectivity index (χ0) is 19.4. The maximum atomic E-state index is 12.3. The Bertz CT molecular complexity index is 784. The van der Waals surface area contributed by atoms with Crippen molar-refractivity contribution in [2.24, 2.45) is 11.3 Å². The number of rotatable bonds is 4. The minimum absolute atomic E-state index is 0.0936. The Hall–Kier alpha value is -2.63. The van der Waals surface area contributed by atoms with E-state index in [0.29, 0.717) is 37.4 Å². The second-order valence-corrected chi connectivity index (χ2v) is 7.97. The Morgan fingerprint density at radius 3 is 2.48 bits per heavy atom. The van der Waals surface area contributed by atoms with Crippen LogP contribution in [0.3, 0.4) is 0 Å². The van der Waals surface area contributed by atoms with Gasteiger partial charge in [-0.05, 0) is 12.8 Å². The summed E-state index contributed by atoms with van der Waals surface area (Å²) in [6, 6.07) is 11.4. The number of ether oxygens (including phenoxy) is 1. The van der Waals surface area contributed by atoms with Crippen LogP contribution in [0.5, 0.6) is 0 Å². The molecule has 0 N–H and O–H groups in total. The van der Waals surface area contributed by atoms with E-state index < -0.39 is 5.41 Å². The molecule has 0 radical (unpaired) electrons. The molecule has 2 heterocycles. The first-order chi connectivity index (χ1) is 12.8. The molecule has 2 aromatic rings. The van der Waals surface area contributed by atoms with Crippen molar-refractivity contribution in [2.75, 3.05) is 13.1 Å². The van der Waals surface area contributed by atoms with Crippen LogP contribution in [0.1, 0.15) is 39.3 Å². The summed E-state index contributed by atoms with van der Waals surface area (Å²) in [4.78, 5) is 26.5. The van der Waals surface area contributed by atoms with Crippen LogP contribution in [0.25, 0.3) is 11.3 Å². The van der Waals surface area contributed by atoms with Crippen molar-refractivity contribution in [3.05, 3.63) is 42.1 Å². The standard InChI is InChI=1S/C21H26N2O4/c1-21(2,3)20(25)23-11-9-16(10-12-23)19(24)26-14-17-13-18(27-22-17)15-7-5-4-6-8-15/h4-8,13,16H,9-12,14H2,1-3H3. The van der Waals surface area contributed by atoms with Crippen LogP contribution >= 0.6 is 0 Å². The second kappa shape index (κ2) is 7.94. The number of hydrogen-bond donors (Lipinski definition) is 0. The fraction of sp³-hybridized carbons (Fsp3) is 0.476. The zero-order valence-corrected chi connectivity index (χ0v) is 16.1. The van der Waals surface area contributed by atoms with Crippen molar-refractivity contribution >= 4 is 11.9 Å². The number of likely N-dealkylation sites (tertiary alicyclic amines) is 1. The minimum atomic E-state index is -0.392. The van der Waals surface area contributed by atoms with Gasteiger partial charge in [-0.2, -0.15) is 0 Å². The van der Waals surface area contributed by atoms with Gasteiger partial charge in [0.1, 0.15) is 12.3 Å². The third kappa shape index (κ3) is 4.76. The van der Waals surface area contributed by atoms with Gasteiger partial charge in [0.15, 0.2) is 5.76 Å². The molecule has 0 saturated carbocycles. The zero-order valence-electron chi connectivity index (χ0n) is 16.1.